The minimum atomic E-state index is 0.999. The topological polar surface area (TPSA) is 24.9 Å². The van der Waals surface area contributed by atoms with E-state index in [9.17, 15) is 0 Å². The molecule has 0 saturated carbocycles. The summed E-state index contributed by atoms with van der Waals surface area (Å²) in [6.07, 6.45) is 1.82. The van der Waals surface area contributed by atoms with Crippen LogP contribution in [-0.2, 0) is 0 Å². The van der Waals surface area contributed by atoms with Crippen LogP contribution in [0.25, 0.3) is 10.9 Å². The summed E-state index contributed by atoms with van der Waals surface area (Å²) in [5.74, 6) is 0. The Morgan fingerprint density at radius 1 is 0.765 bits per heavy atom. The predicted octanol–water partition coefficient (Wildman–Crippen LogP) is 3.98. The first-order valence-electron chi connectivity index (χ1n) is 5.59. The van der Waals surface area contributed by atoms with Gasteiger partial charge < -0.3 is 5.32 Å². The number of fused-ring (bicyclic) bond motifs is 1. The molecule has 3 aromatic rings. The lowest BCUT2D eigenvalue weighted by molar-refractivity contribution is 1.40. The highest BCUT2D eigenvalue weighted by molar-refractivity contribution is 5.91. The number of hydrogen-bond donors (Lipinski definition) is 1. The molecule has 1 N–H and O–H groups in total. The molecule has 2 aromatic carbocycles. The van der Waals surface area contributed by atoms with Gasteiger partial charge in [0.25, 0.3) is 0 Å². The molecule has 0 aliphatic carbocycles. The van der Waals surface area contributed by atoms with Crippen molar-refractivity contribution in [3.8, 4) is 0 Å². The van der Waals surface area contributed by atoms with Gasteiger partial charge in [-0.05, 0) is 24.3 Å². The quantitative estimate of drug-likeness (QED) is 0.706. The third kappa shape index (κ3) is 1.97. The first kappa shape index (κ1) is 9.85. The monoisotopic (exact) mass is 220 g/mol. The van der Waals surface area contributed by atoms with Crippen LogP contribution >= 0.6 is 0 Å². The van der Waals surface area contributed by atoms with E-state index in [1.165, 1.54) is 0 Å². The molecular formula is C15H12N2. The summed E-state index contributed by atoms with van der Waals surface area (Å²) in [5, 5.41) is 4.53. The summed E-state index contributed by atoms with van der Waals surface area (Å²) < 4.78 is 0. The maximum absolute atomic E-state index is 4.41. The van der Waals surface area contributed by atoms with E-state index in [1.54, 1.807) is 0 Å². The molecule has 0 atom stereocenters. The van der Waals surface area contributed by atoms with E-state index in [2.05, 4.69) is 22.4 Å². The van der Waals surface area contributed by atoms with Gasteiger partial charge in [-0.2, -0.15) is 0 Å². The smallest absolute Gasteiger partial charge is 0.0936 e. The van der Waals surface area contributed by atoms with E-state index in [4.69, 9.17) is 0 Å². The molecule has 0 amide bonds. The number of para-hydroxylation sites is 2. The van der Waals surface area contributed by atoms with E-state index in [0.717, 1.165) is 22.3 Å². The molecule has 0 fully saturated rings. The maximum Gasteiger partial charge on any atom is 0.0936 e. The Morgan fingerprint density at radius 2 is 1.59 bits per heavy atom. The third-order valence-corrected chi connectivity index (χ3v) is 2.69. The second-order valence-corrected chi connectivity index (χ2v) is 3.87. The van der Waals surface area contributed by atoms with E-state index >= 15 is 0 Å². The molecule has 2 heteroatoms. The van der Waals surface area contributed by atoms with Crippen LogP contribution in [0.3, 0.4) is 0 Å². The molecule has 1 aromatic heterocycles. The molecule has 0 saturated heterocycles. The van der Waals surface area contributed by atoms with Crippen molar-refractivity contribution in [2.45, 2.75) is 0 Å². The summed E-state index contributed by atoms with van der Waals surface area (Å²) in [6.45, 7) is 0. The Kier molecular flexibility index (Phi) is 2.47. The highest BCUT2D eigenvalue weighted by Crippen LogP contribution is 2.24. The number of rotatable bonds is 2. The van der Waals surface area contributed by atoms with Gasteiger partial charge in [0.1, 0.15) is 0 Å². The lowest BCUT2D eigenvalue weighted by Crippen LogP contribution is -1.92. The van der Waals surface area contributed by atoms with Crippen LogP contribution in [0, 0.1) is 0 Å². The van der Waals surface area contributed by atoms with Crippen LogP contribution in [0.4, 0.5) is 11.4 Å². The van der Waals surface area contributed by atoms with Crippen LogP contribution in [0.15, 0.2) is 66.9 Å². The highest BCUT2D eigenvalue weighted by Gasteiger charge is 2.00. The van der Waals surface area contributed by atoms with Crippen molar-refractivity contribution in [3.05, 3.63) is 66.9 Å². The molecule has 82 valence electrons. The van der Waals surface area contributed by atoms with E-state index in [1.807, 2.05) is 54.7 Å². The van der Waals surface area contributed by atoms with Crippen molar-refractivity contribution in [2.75, 3.05) is 5.32 Å². The molecule has 17 heavy (non-hydrogen) atoms. The zero-order valence-corrected chi connectivity index (χ0v) is 9.30. The van der Waals surface area contributed by atoms with Crippen molar-refractivity contribution in [1.82, 2.24) is 4.98 Å². The number of benzene rings is 2. The number of anilines is 2. The maximum atomic E-state index is 4.41. The Balaban J connectivity index is 2.06. The SMILES string of the molecule is c1ccc(Nc2cccc3cccnc23)cc1. The van der Waals surface area contributed by atoms with Gasteiger partial charge in [-0.1, -0.05) is 36.4 Å². The van der Waals surface area contributed by atoms with E-state index < -0.39 is 0 Å². The van der Waals surface area contributed by atoms with Crippen LogP contribution < -0.4 is 5.32 Å². The van der Waals surface area contributed by atoms with Gasteiger partial charge in [0.2, 0.25) is 0 Å². The van der Waals surface area contributed by atoms with Crippen molar-refractivity contribution >= 4 is 22.3 Å². The minimum absolute atomic E-state index is 0.999. The van der Waals surface area contributed by atoms with Gasteiger partial charge in [-0.15, -0.1) is 0 Å². The fraction of sp³-hybridized carbons (Fsp3) is 0. The highest BCUT2D eigenvalue weighted by atomic mass is 14.9. The van der Waals surface area contributed by atoms with E-state index in [0.29, 0.717) is 0 Å². The Bertz CT molecular complexity index is 627. The average molecular weight is 220 g/mol. The normalized spacial score (nSPS) is 10.4. The number of nitrogens with one attached hydrogen (secondary N) is 1. The fourth-order valence-electron chi connectivity index (χ4n) is 1.88. The summed E-state index contributed by atoms with van der Waals surface area (Å²) in [7, 11) is 0. The second-order valence-electron chi connectivity index (χ2n) is 3.87. The molecule has 3 rings (SSSR count). The Morgan fingerprint density at radius 3 is 2.47 bits per heavy atom. The van der Waals surface area contributed by atoms with Gasteiger partial charge in [-0.25, -0.2) is 0 Å². The second kappa shape index (κ2) is 4.26. The third-order valence-electron chi connectivity index (χ3n) is 2.69. The standard InChI is InChI=1S/C15H12N2/c1-2-8-13(9-3-1)17-14-10-4-6-12-7-5-11-16-15(12)14/h1-11,17H. The van der Waals surface area contributed by atoms with Gasteiger partial charge in [0, 0.05) is 17.3 Å². The number of pyridine rings is 1. The van der Waals surface area contributed by atoms with Crippen LogP contribution in [0.1, 0.15) is 0 Å². The predicted molar refractivity (Wildman–Crippen MR) is 71.5 cm³/mol. The zero-order valence-electron chi connectivity index (χ0n) is 9.30. The largest absolute Gasteiger partial charge is 0.354 e. The first-order chi connectivity index (χ1) is 8.43. The summed E-state index contributed by atoms with van der Waals surface area (Å²) in [4.78, 5) is 4.41. The first-order valence-corrected chi connectivity index (χ1v) is 5.59. The lowest BCUT2D eigenvalue weighted by Gasteiger charge is -2.08. The van der Waals surface area contributed by atoms with Gasteiger partial charge in [0.05, 0.1) is 11.2 Å². The Hall–Kier alpha value is -2.35. The molecule has 0 aliphatic rings. The summed E-state index contributed by atoms with van der Waals surface area (Å²) in [6, 6.07) is 20.3. The van der Waals surface area contributed by atoms with Crippen LogP contribution in [-0.4, -0.2) is 4.98 Å². The minimum Gasteiger partial charge on any atom is -0.354 e. The van der Waals surface area contributed by atoms with Gasteiger partial charge in [-0.3, -0.25) is 4.98 Å². The number of nitrogens with zero attached hydrogens (tertiary/aromatic N) is 1. The van der Waals surface area contributed by atoms with Crippen molar-refractivity contribution in [1.29, 1.82) is 0 Å². The summed E-state index contributed by atoms with van der Waals surface area (Å²) >= 11 is 0. The molecule has 0 spiro atoms. The van der Waals surface area contributed by atoms with Gasteiger partial charge in [0.15, 0.2) is 0 Å². The lowest BCUT2D eigenvalue weighted by atomic mass is 10.2. The molecular weight excluding hydrogens is 208 g/mol. The number of hydrogen-bond acceptors (Lipinski definition) is 2. The van der Waals surface area contributed by atoms with Crippen molar-refractivity contribution in [2.24, 2.45) is 0 Å². The average Bonchev–Trinajstić information content (AvgIpc) is 2.40. The zero-order chi connectivity index (χ0) is 11.5. The molecule has 2 nitrogen and oxygen atoms in total. The molecule has 0 radical (unpaired) electrons. The van der Waals surface area contributed by atoms with E-state index in [-0.39, 0.29) is 0 Å². The van der Waals surface area contributed by atoms with Crippen molar-refractivity contribution in [3.63, 3.8) is 0 Å². The molecule has 0 unspecified atom stereocenters. The molecule has 1 heterocycles. The summed E-state index contributed by atoms with van der Waals surface area (Å²) in [5.41, 5.74) is 3.11. The van der Waals surface area contributed by atoms with Crippen LogP contribution in [0.5, 0.6) is 0 Å². The number of aromatic nitrogens is 1. The molecule has 0 aliphatic heterocycles. The van der Waals surface area contributed by atoms with Crippen LogP contribution in [0.2, 0.25) is 0 Å². The fourth-order valence-corrected chi connectivity index (χ4v) is 1.88. The van der Waals surface area contributed by atoms with Gasteiger partial charge >= 0.3 is 0 Å². The molecule has 0 bridgehead atoms. The Labute approximate surface area is 99.9 Å². The van der Waals surface area contributed by atoms with Crippen molar-refractivity contribution < 1.29 is 0 Å².